The summed E-state index contributed by atoms with van der Waals surface area (Å²) in [5.74, 6) is 1.68. The summed E-state index contributed by atoms with van der Waals surface area (Å²) in [4.78, 5) is 8.69. The molecular formula is C16H20N4O. The normalized spacial score (nSPS) is 18.2. The molecule has 1 aromatic carbocycles. The van der Waals surface area contributed by atoms with E-state index in [0.717, 1.165) is 35.9 Å². The Morgan fingerprint density at radius 2 is 2.19 bits per heavy atom. The average Bonchev–Trinajstić information content (AvgIpc) is 2.56. The number of hydrogen-bond acceptors (Lipinski definition) is 5. The van der Waals surface area contributed by atoms with Crippen molar-refractivity contribution >= 4 is 5.82 Å². The van der Waals surface area contributed by atoms with Crippen LogP contribution in [0.5, 0.6) is 5.75 Å². The van der Waals surface area contributed by atoms with Gasteiger partial charge < -0.3 is 15.4 Å². The maximum atomic E-state index is 5.40. The van der Waals surface area contributed by atoms with Gasteiger partial charge in [-0.1, -0.05) is 12.1 Å². The van der Waals surface area contributed by atoms with Gasteiger partial charge in [0.05, 0.1) is 12.8 Å². The molecule has 1 unspecified atom stereocenters. The van der Waals surface area contributed by atoms with Crippen molar-refractivity contribution in [1.29, 1.82) is 0 Å². The number of anilines is 1. The molecule has 1 aliphatic heterocycles. The molecule has 5 heteroatoms. The highest BCUT2D eigenvalue weighted by Gasteiger charge is 2.14. The van der Waals surface area contributed by atoms with E-state index in [1.165, 1.54) is 12.8 Å². The topological polar surface area (TPSA) is 59.1 Å². The summed E-state index contributed by atoms with van der Waals surface area (Å²) >= 11 is 0. The SMILES string of the molecule is COc1ccccc1-c1cc(NC2CCCNC2)ncn1. The van der Waals surface area contributed by atoms with Crippen LogP contribution in [0.2, 0.25) is 0 Å². The Morgan fingerprint density at radius 1 is 1.29 bits per heavy atom. The smallest absolute Gasteiger partial charge is 0.130 e. The molecule has 0 spiro atoms. The predicted molar refractivity (Wildman–Crippen MR) is 83.5 cm³/mol. The Hall–Kier alpha value is -2.14. The summed E-state index contributed by atoms with van der Waals surface area (Å²) in [6.07, 6.45) is 3.96. The third-order valence-electron chi connectivity index (χ3n) is 3.70. The van der Waals surface area contributed by atoms with E-state index < -0.39 is 0 Å². The summed E-state index contributed by atoms with van der Waals surface area (Å²) in [5.41, 5.74) is 1.85. The van der Waals surface area contributed by atoms with E-state index in [4.69, 9.17) is 4.74 Å². The fourth-order valence-corrected chi connectivity index (χ4v) is 2.62. The molecule has 1 aliphatic rings. The van der Waals surface area contributed by atoms with Crippen LogP contribution in [0, 0.1) is 0 Å². The number of ether oxygens (including phenoxy) is 1. The third-order valence-corrected chi connectivity index (χ3v) is 3.70. The van der Waals surface area contributed by atoms with Crippen molar-refractivity contribution in [3.8, 4) is 17.0 Å². The van der Waals surface area contributed by atoms with Gasteiger partial charge in [-0.3, -0.25) is 0 Å². The lowest BCUT2D eigenvalue weighted by molar-refractivity contribution is 0.416. The molecule has 110 valence electrons. The quantitative estimate of drug-likeness (QED) is 0.902. The van der Waals surface area contributed by atoms with Gasteiger partial charge in [-0.15, -0.1) is 0 Å². The number of piperidine rings is 1. The summed E-state index contributed by atoms with van der Waals surface area (Å²) < 4.78 is 5.40. The van der Waals surface area contributed by atoms with Crippen LogP contribution in [-0.4, -0.2) is 36.2 Å². The summed E-state index contributed by atoms with van der Waals surface area (Å²) in [6, 6.07) is 10.3. The number of benzene rings is 1. The molecule has 0 aliphatic carbocycles. The van der Waals surface area contributed by atoms with E-state index in [2.05, 4.69) is 20.6 Å². The van der Waals surface area contributed by atoms with Gasteiger partial charge in [0.25, 0.3) is 0 Å². The van der Waals surface area contributed by atoms with Crippen LogP contribution in [0.3, 0.4) is 0 Å². The number of rotatable bonds is 4. The van der Waals surface area contributed by atoms with Crippen molar-refractivity contribution < 1.29 is 4.74 Å². The van der Waals surface area contributed by atoms with Crippen LogP contribution in [0.4, 0.5) is 5.82 Å². The molecule has 3 rings (SSSR count). The van der Waals surface area contributed by atoms with E-state index in [0.29, 0.717) is 6.04 Å². The molecule has 2 N–H and O–H groups in total. The number of aromatic nitrogens is 2. The van der Waals surface area contributed by atoms with E-state index in [9.17, 15) is 0 Å². The lowest BCUT2D eigenvalue weighted by Crippen LogP contribution is -2.38. The number of methoxy groups -OCH3 is 1. The van der Waals surface area contributed by atoms with Gasteiger partial charge in [-0.05, 0) is 31.5 Å². The lowest BCUT2D eigenvalue weighted by atomic mass is 10.1. The van der Waals surface area contributed by atoms with Crippen LogP contribution in [0.1, 0.15) is 12.8 Å². The van der Waals surface area contributed by atoms with Gasteiger partial charge in [0.2, 0.25) is 0 Å². The van der Waals surface area contributed by atoms with Gasteiger partial charge in [0.1, 0.15) is 17.9 Å². The minimum atomic E-state index is 0.430. The Morgan fingerprint density at radius 3 is 3.00 bits per heavy atom. The minimum absolute atomic E-state index is 0.430. The maximum Gasteiger partial charge on any atom is 0.130 e. The number of para-hydroxylation sites is 1. The van der Waals surface area contributed by atoms with Crippen molar-refractivity contribution in [3.05, 3.63) is 36.7 Å². The molecule has 2 aromatic rings. The first-order valence-electron chi connectivity index (χ1n) is 7.29. The van der Waals surface area contributed by atoms with Gasteiger partial charge in [0.15, 0.2) is 0 Å². The monoisotopic (exact) mass is 284 g/mol. The summed E-state index contributed by atoms with van der Waals surface area (Å²) in [5, 5.41) is 6.87. The Labute approximate surface area is 124 Å². The van der Waals surface area contributed by atoms with Crippen LogP contribution >= 0.6 is 0 Å². The predicted octanol–water partition coefficient (Wildman–Crippen LogP) is 2.32. The van der Waals surface area contributed by atoms with Crippen molar-refractivity contribution in [2.24, 2.45) is 0 Å². The molecule has 0 amide bonds. The highest BCUT2D eigenvalue weighted by Crippen LogP contribution is 2.28. The van der Waals surface area contributed by atoms with Gasteiger partial charge in [-0.25, -0.2) is 9.97 Å². The molecule has 0 saturated carbocycles. The zero-order valence-corrected chi connectivity index (χ0v) is 12.2. The molecule has 1 atom stereocenters. The van der Waals surface area contributed by atoms with Crippen molar-refractivity contribution in [2.45, 2.75) is 18.9 Å². The molecule has 0 radical (unpaired) electrons. The second-order valence-corrected chi connectivity index (χ2v) is 5.18. The Balaban J connectivity index is 1.82. The zero-order valence-electron chi connectivity index (χ0n) is 12.2. The average molecular weight is 284 g/mol. The fourth-order valence-electron chi connectivity index (χ4n) is 2.62. The minimum Gasteiger partial charge on any atom is -0.496 e. The third kappa shape index (κ3) is 3.31. The molecule has 21 heavy (non-hydrogen) atoms. The molecule has 1 aromatic heterocycles. The Kier molecular flexibility index (Phi) is 4.31. The molecule has 2 heterocycles. The number of hydrogen-bond donors (Lipinski definition) is 2. The molecular weight excluding hydrogens is 264 g/mol. The van der Waals surface area contributed by atoms with Crippen molar-refractivity contribution in [1.82, 2.24) is 15.3 Å². The second kappa shape index (κ2) is 6.54. The van der Waals surface area contributed by atoms with Crippen molar-refractivity contribution in [2.75, 3.05) is 25.5 Å². The van der Waals surface area contributed by atoms with Gasteiger partial charge in [0, 0.05) is 24.2 Å². The van der Waals surface area contributed by atoms with Crippen LogP contribution in [0.15, 0.2) is 36.7 Å². The second-order valence-electron chi connectivity index (χ2n) is 5.18. The standard InChI is InChI=1S/C16H20N4O/c1-21-15-7-3-2-6-13(15)14-9-16(19-11-18-14)20-12-5-4-8-17-10-12/h2-3,6-7,9,11-12,17H,4-5,8,10H2,1H3,(H,18,19,20). The van der Waals surface area contributed by atoms with E-state index in [-0.39, 0.29) is 0 Å². The number of nitrogens with zero attached hydrogens (tertiary/aromatic N) is 2. The number of nitrogens with one attached hydrogen (secondary N) is 2. The highest BCUT2D eigenvalue weighted by atomic mass is 16.5. The Bertz CT molecular complexity index is 596. The van der Waals surface area contributed by atoms with Crippen LogP contribution < -0.4 is 15.4 Å². The lowest BCUT2D eigenvalue weighted by Gasteiger charge is -2.24. The largest absolute Gasteiger partial charge is 0.496 e. The van der Waals surface area contributed by atoms with Gasteiger partial charge in [-0.2, -0.15) is 0 Å². The molecule has 1 saturated heterocycles. The molecule has 5 nitrogen and oxygen atoms in total. The highest BCUT2D eigenvalue weighted by molar-refractivity contribution is 5.68. The first-order chi connectivity index (χ1) is 10.4. The van der Waals surface area contributed by atoms with Crippen LogP contribution in [0.25, 0.3) is 11.3 Å². The maximum absolute atomic E-state index is 5.40. The van der Waals surface area contributed by atoms with E-state index in [1.807, 2.05) is 30.3 Å². The summed E-state index contributed by atoms with van der Waals surface area (Å²) in [7, 11) is 1.67. The first kappa shape index (κ1) is 13.8. The zero-order chi connectivity index (χ0) is 14.5. The summed E-state index contributed by atoms with van der Waals surface area (Å²) in [6.45, 7) is 2.09. The van der Waals surface area contributed by atoms with E-state index in [1.54, 1.807) is 13.4 Å². The molecule has 1 fully saturated rings. The van der Waals surface area contributed by atoms with Crippen LogP contribution in [-0.2, 0) is 0 Å². The molecule has 0 bridgehead atoms. The van der Waals surface area contributed by atoms with Gasteiger partial charge >= 0.3 is 0 Å². The first-order valence-corrected chi connectivity index (χ1v) is 7.29. The van der Waals surface area contributed by atoms with E-state index >= 15 is 0 Å². The fraction of sp³-hybridized carbons (Fsp3) is 0.375. The van der Waals surface area contributed by atoms with Crippen molar-refractivity contribution in [3.63, 3.8) is 0 Å².